The van der Waals surface area contributed by atoms with Gasteiger partial charge in [0.05, 0.1) is 4.90 Å². The molecule has 0 spiro atoms. The number of piperidine rings is 1. The maximum Gasteiger partial charge on any atom is 0.242 e. The van der Waals surface area contributed by atoms with Gasteiger partial charge < -0.3 is 5.73 Å². The summed E-state index contributed by atoms with van der Waals surface area (Å²) in [4.78, 5) is 2.72. The molecular formula is C15H26ClN3O2S. The fourth-order valence-electron chi connectivity index (χ4n) is 2.78. The van der Waals surface area contributed by atoms with E-state index in [0.717, 1.165) is 25.1 Å². The third kappa shape index (κ3) is 4.43. The molecule has 7 heteroatoms. The summed E-state index contributed by atoms with van der Waals surface area (Å²) in [5.74, 6) is 0. The van der Waals surface area contributed by atoms with Crippen LogP contribution in [0.4, 0.5) is 0 Å². The molecule has 0 aromatic heterocycles. The standard InChI is InChI=1S/C15H25N3O2S.ClH/c1-17(2)21(19,20)15-8-5-6-13(10-15)12-18-9-4-3-7-14(18)11-16;/h5-6,8,10,14H,3-4,7,9,11-12,16H2,1-2H3;1H. The average Bonchev–Trinajstić information content (AvgIpc) is 2.48. The summed E-state index contributed by atoms with van der Waals surface area (Å²) in [6.45, 7) is 2.46. The molecule has 0 aliphatic carbocycles. The van der Waals surface area contributed by atoms with Gasteiger partial charge in [-0.25, -0.2) is 12.7 Å². The second-order valence-corrected chi connectivity index (χ2v) is 7.94. The molecule has 0 saturated carbocycles. The fraction of sp³-hybridized carbons (Fsp3) is 0.600. The molecule has 1 aliphatic rings. The number of sulfonamides is 1. The zero-order valence-corrected chi connectivity index (χ0v) is 14.9. The molecule has 22 heavy (non-hydrogen) atoms. The van der Waals surface area contributed by atoms with Gasteiger partial charge in [-0.05, 0) is 37.1 Å². The maximum atomic E-state index is 12.2. The lowest BCUT2D eigenvalue weighted by Gasteiger charge is -2.35. The molecular weight excluding hydrogens is 322 g/mol. The van der Waals surface area contributed by atoms with E-state index in [1.54, 1.807) is 26.2 Å². The van der Waals surface area contributed by atoms with E-state index in [-0.39, 0.29) is 12.4 Å². The predicted octanol–water partition coefficient (Wildman–Crippen LogP) is 1.67. The van der Waals surface area contributed by atoms with Crippen molar-refractivity contribution in [2.75, 3.05) is 27.2 Å². The average molecular weight is 348 g/mol. The van der Waals surface area contributed by atoms with Crippen LogP contribution in [-0.2, 0) is 16.6 Å². The number of hydrogen-bond acceptors (Lipinski definition) is 4. The second kappa shape index (κ2) is 8.26. The van der Waals surface area contributed by atoms with Gasteiger partial charge in [0.2, 0.25) is 10.0 Å². The first-order chi connectivity index (χ1) is 9.95. The molecule has 1 aliphatic heterocycles. The molecule has 1 aromatic carbocycles. The van der Waals surface area contributed by atoms with Crippen molar-refractivity contribution >= 4 is 22.4 Å². The largest absolute Gasteiger partial charge is 0.329 e. The lowest BCUT2D eigenvalue weighted by molar-refractivity contribution is 0.145. The molecule has 0 bridgehead atoms. The number of benzene rings is 1. The summed E-state index contributed by atoms with van der Waals surface area (Å²) < 4.78 is 25.6. The van der Waals surface area contributed by atoms with Crippen molar-refractivity contribution in [1.29, 1.82) is 0 Å². The van der Waals surface area contributed by atoms with E-state index in [9.17, 15) is 8.42 Å². The summed E-state index contributed by atoms with van der Waals surface area (Å²) in [7, 11) is -0.264. The fourth-order valence-corrected chi connectivity index (χ4v) is 3.76. The first-order valence-electron chi connectivity index (χ1n) is 7.40. The number of hydrogen-bond donors (Lipinski definition) is 1. The number of nitrogens with zero attached hydrogens (tertiary/aromatic N) is 2. The predicted molar refractivity (Wildman–Crippen MR) is 91.7 cm³/mol. The van der Waals surface area contributed by atoms with Crippen molar-refractivity contribution in [3.63, 3.8) is 0 Å². The van der Waals surface area contributed by atoms with Crippen molar-refractivity contribution in [1.82, 2.24) is 9.21 Å². The minimum absolute atomic E-state index is 0. The Bertz CT molecular complexity index is 578. The Kier molecular flexibility index (Phi) is 7.28. The van der Waals surface area contributed by atoms with Crippen molar-refractivity contribution < 1.29 is 8.42 Å². The minimum Gasteiger partial charge on any atom is -0.329 e. The van der Waals surface area contributed by atoms with Crippen molar-refractivity contribution in [2.24, 2.45) is 5.73 Å². The zero-order valence-electron chi connectivity index (χ0n) is 13.2. The highest BCUT2D eigenvalue weighted by molar-refractivity contribution is 7.89. The summed E-state index contributed by atoms with van der Waals surface area (Å²) in [5.41, 5.74) is 6.87. The number of rotatable bonds is 5. The van der Waals surface area contributed by atoms with Gasteiger partial charge in [0, 0.05) is 33.2 Å². The van der Waals surface area contributed by atoms with Gasteiger partial charge >= 0.3 is 0 Å². The van der Waals surface area contributed by atoms with Crippen LogP contribution in [-0.4, -0.2) is 50.8 Å². The second-order valence-electron chi connectivity index (χ2n) is 5.79. The van der Waals surface area contributed by atoms with Gasteiger partial charge in [0.25, 0.3) is 0 Å². The van der Waals surface area contributed by atoms with Crippen LogP contribution in [0.5, 0.6) is 0 Å². The van der Waals surface area contributed by atoms with Crippen LogP contribution >= 0.6 is 12.4 Å². The van der Waals surface area contributed by atoms with Crippen LogP contribution < -0.4 is 5.73 Å². The lowest BCUT2D eigenvalue weighted by atomic mass is 10.0. The molecule has 2 rings (SSSR count). The lowest BCUT2D eigenvalue weighted by Crippen LogP contribution is -2.43. The molecule has 1 fully saturated rings. The summed E-state index contributed by atoms with van der Waals surface area (Å²) in [5, 5.41) is 0. The topological polar surface area (TPSA) is 66.6 Å². The zero-order chi connectivity index (χ0) is 15.5. The first kappa shape index (κ1) is 19.4. The Balaban J connectivity index is 0.00000242. The Morgan fingerprint density at radius 3 is 2.68 bits per heavy atom. The normalized spacial score (nSPS) is 19.9. The molecule has 0 amide bonds. The van der Waals surface area contributed by atoms with Crippen molar-refractivity contribution in [2.45, 2.75) is 36.7 Å². The van der Waals surface area contributed by atoms with Gasteiger partial charge in [0.15, 0.2) is 0 Å². The Hall–Kier alpha value is -0.660. The quantitative estimate of drug-likeness (QED) is 0.879. The Labute approximate surface area is 139 Å². The van der Waals surface area contributed by atoms with Crippen molar-refractivity contribution in [3.8, 4) is 0 Å². The molecule has 1 aromatic rings. The summed E-state index contributed by atoms with van der Waals surface area (Å²) in [6, 6.07) is 7.63. The molecule has 1 saturated heterocycles. The van der Waals surface area contributed by atoms with Crippen LogP contribution in [0.3, 0.4) is 0 Å². The van der Waals surface area contributed by atoms with E-state index in [0.29, 0.717) is 17.5 Å². The van der Waals surface area contributed by atoms with Gasteiger partial charge in [-0.3, -0.25) is 4.90 Å². The first-order valence-corrected chi connectivity index (χ1v) is 8.84. The van der Waals surface area contributed by atoms with Crippen LogP contribution in [0.2, 0.25) is 0 Å². The molecule has 1 atom stereocenters. The highest BCUT2D eigenvalue weighted by Gasteiger charge is 2.22. The smallest absolute Gasteiger partial charge is 0.242 e. The van der Waals surface area contributed by atoms with E-state index in [1.807, 2.05) is 12.1 Å². The summed E-state index contributed by atoms with van der Waals surface area (Å²) >= 11 is 0. The van der Waals surface area contributed by atoms with Gasteiger partial charge in [-0.2, -0.15) is 0 Å². The van der Waals surface area contributed by atoms with Gasteiger partial charge in [-0.15, -0.1) is 12.4 Å². The van der Waals surface area contributed by atoms with Gasteiger partial charge in [0.1, 0.15) is 0 Å². The Morgan fingerprint density at radius 2 is 2.05 bits per heavy atom. The van der Waals surface area contributed by atoms with Gasteiger partial charge in [-0.1, -0.05) is 18.6 Å². The van der Waals surface area contributed by atoms with E-state index in [4.69, 9.17) is 5.73 Å². The minimum atomic E-state index is -3.37. The van der Waals surface area contributed by atoms with Crippen LogP contribution in [0.1, 0.15) is 24.8 Å². The van der Waals surface area contributed by atoms with Crippen LogP contribution in [0, 0.1) is 0 Å². The van der Waals surface area contributed by atoms with Crippen LogP contribution in [0.25, 0.3) is 0 Å². The highest BCUT2D eigenvalue weighted by Crippen LogP contribution is 2.21. The monoisotopic (exact) mass is 347 g/mol. The third-order valence-electron chi connectivity index (χ3n) is 4.08. The van der Waals surface area contributed by atoms with E-state index >= 15 is 0 Å². The molecule has 5 nitrogen and oxygen atoms in total. The van der Waals surface area contributed by atoms with E-state index < -0.39 is 10.0 Å². The third-order valence-corrected chi connectivity index (χ3v) is 5.89. The molecule has 0 radical (unpaired) electrons. The Morgan fingerprint density at radius 1 is 1.32 bits per heavy atom. The van der Waals surface area contributed by atoms with Crippen molar-refractivity contribution in [3.05, 3.63) is 29.8 Å². The molecule has 1 heterocycles. The number of nitrogens with two attached hydrogens (primary N) is 1. The SMILES string of the molecule is CN(C)S(=O)(=O)c1cccc(CN2CCCCC2CN)c1.Cl. The highest BCUT2D eigenvalue weighted by atomic mass is 35.5. The summed E-state index contributed by atoms with van der Waals surface area (Å²) in [6.07, 6.45) is 3.55. The van der Waals surface area contributed by atoms with E-state index in [2.05, 4.69) is 4.90 Å². The molecule has 1 unspecified atom stereocenters. The number of halogens is 1. The number of likely N-dealkylation sites (tertiary alicyclic amines) is 1. The van der Waals surface area contributed by atoms with Crippen LogP contribution in [0.15, 0.2) is 29.2 Å². The van der Waals surface area contributed by atoms with E-state index in [1.165, 1.54) is 17.1 Å². The molecule has 126 valence electrons. The molecule has 2 N–H and O–H groups in total. The maximum absolute atomic E-state index is 12.2.